The lowest BCUT2D eigenvalue weighted by molar-refractivity contribution is -0.133. The van der Waals surface area contributed by atoms with E-state index in [4.69, 9.17) is 4.63 Å². The van der Waals surface area contributed by atoms with E-state index in [9.17, 15) is 18.4 Å². The summed E-state index contributed by atoms with van der Waals surface area (Å²) in [6, 6.07) is 1.77. The average Bonchev–Trinajstić information content (AvgIpc) is 3.31. The van der Waals surface area contributed by atoms with E-state index >= 15 is 0 Å². The summed E-state index contributed by atoms with van der Waals surface area (Å²) >= 11 is 0. The van der Waals surface area contributed by atoms with Crippen molar-refractivity contribution in [3.63, 3.8) is 0 Å². The molecule has 0 unspecified atom stereocenters. The number of nitrogens with one attached hydrogen (secondary N) is 2. The molecule has 3 heterocycles. The zero-order valence-corrected chi connectivity index (χ0v) is 17.1. The second-order valence-corrected chi connectivity index (χ2v) is 8.46. The predicted octanol–water partition coefficient (Wildman–Crippen LogP) is 1.97. The van der Waals surface area contributed by atoms with Gasteiger partial charge in [-0.15, -0.1) is 0 Å². The minimum absolute atomic E-state index is 0.0992. The van der Waals surface area contributed by atoms with Gasteiger partial charge in [-0.05, 0) is 35.5 Å². The molecule has 3 aromatic heterocycles. The molecule has 2 amide bonds. The molecule has 0 radical (unpaired) electrons. The third-order valence-electron chi connectivity index (χ3n) is 5.69. The zero-order chi connectivity index (χ0) is 22.3. The summed E-state index contributed by atoms with van der Waals surface area (Å²) in [5, 5.41) is 17.3. The molecule has 0 aliphatic heterocycles. The molecule has 168 valence electrons. The van der Waals surface area contributed by atoms with Crippen molar-refractivity contribution in [2.24, 2.45) is 5.92 Å². The maximum absolute atomic E-state index is 12.9. The second kappa shape index (κ2) is 7.92. The van der Waals surface area contributed by atoms with Crippen molar-refractivity contribution in [1.82, 2.24) is 35.5 Å². The van der Waals surface area contributed by atoms with E-state index in [1.807, 2.05) is 0 Å². The molecule has 10 nitrogen and oxygen atoms in total. The highest BCUT2D eigenvalue weighted by Crippen LogP contribution is 2.44. The summed E-state index contributed by atoms with van der Waals surface area (Å²) in [7, 11) is 0. The van der Waals surface area contributed by atoms with Gasteiger partial charge in [0.25, 0.3) is 5.91 Å². The monoisotopic (exact) mass is 445 g/mol. The van der Waals surface area contributed by atoms with Crippen LogP contribution in [0.2, 0.25) is 0 Å². The minimum Gasteiger partial charge on any atom is -0.352 e. The maximum Gasteiger partial charge on any atom is 0.275 e. The van der Waals surface area contributed by atoms with Gasteiger partial charge in [0.05, 0.1) is 24.6 Å². The van der Waals surface area contributed by atoms with Crippen LogP contribution in [-0.4, -0.2) is 42.6 Å². The quantitative estimate of drug-likeness (QED) is 0.543. The maximum atomic E-state index is 12.9. The molecule has 2 saturated carbocycles. The summed E-state index contributed by atoms with van der Waals surface area (Å²) in [5.41, 5.74) is 2.69. The Hall–Kier alpha value is -3.44. The highest BCUT2D eigenvalue weighted by Gasteiger charge is 2.45. The van der Waals surface area contributed by atoms with Crippen LogP contribution in [0.1, 0.15) is 65.5 Å². The molecule has 0 aromatic carbocycles. The number of carbonyl (C=O) groups is 2. The van der Waals surface area contributed by atoms with Gasteiger partial charge in [0, 0.05) is 31.7 Å². The highest BCUT2D eigenvalue weighted by molar-refractivity contribution is 5.93. The number of fused-ring (bicyclic) bond motifs is 1. The van der Waals surface area contributed by atoms with E-state index in [0.717, 1.165) is 18.4 Å². The molecule has 0 spiro atoms. The number of alkyl halides is 2. The van der Waals surface area contributed by atoms with Crippen LogP contribution in [-0.2, 0) is 17.9 Å². The van der Waals surface area contributed by atoms with E-state index in [1.54, 1.807) is 23.0 Å². The second-order valence-electron chi connectivity index (χ2n) is 8.46. The van der Waals surface area contributed by atoms with Crippen LogP contribution < -0.4 is 10.6 Å². The number of aromatic nitrogens is 5. The Morgan fingerprint density at radius 3 is 2.75 bits per heavy atom. The number of halogens is 2. The van der Waals surface area contributed by atoms with Gasteiger partial charge in [-0.1, -0.05) is 5.16 Å². The van der Waals surface area contributed by atoms with Gasteiger partial charge >= 0.3 is 0 Å². The third kappa shape index (κ3) is 4.43. The highest BCUT2D eigenvalue weighted by atomic mass is 19.3. The Morgan fingerprint density at radius 2 is 2.00 bits per heavy atom. The number of hydrogen-bond acceptors (Lipinski definition) is 7. The normalized spacial score (nSPS) is 17.8. The molecule has 0 atom stereocenters. The largest absolute Gasteiger partial charge is 0.352 e. The van der Waals surface area contributed by atoms with Crippen LogP contribution >= 0.6 is 0 Å². The molecule has 5 rings (SSSR count). The number of rotatable bonds is 8. The van der Waals surface area contributed by atoms with Gasteiger partial charge in [-0.3, -0.25) is 9.59 Å². The summed E-state index contributed by atoms with van der Waals surface area (Å²) in [6.45, 7) is 0.407. The van der Waals surface area contributed by atoms with Gasteiger partial charge in [0.1, 0.15) is 5.69 Å². The standard InChI is InChI=1S/C20H21F2N7O3/c21-20(22)5-11(6-20)4-16(30)23-7-12-3-15-26-14(10-29(15)25-8-12)9-24-19(31)18-17(13-1-2-13)27-32-28-18/h3,8,10-11,13H,1-2,4-7,9H2,(H,23,30)(H,24,31). The van der Waals surface area contributed by atoms with Gasteiger partial charge in [-0.2, -0.15) is 5.10 Å². The Labute approximate surface area is 180 Å². The first-order valence-corrected chi connectivity index (χ1v) is 10.4. The fourth-order valence-corrected chi connectivity index (χ4v) is 3.84. The lowest BCUT2D eigenvalue weighted by atomic mass is 9.79. The van der Waals surface area contributed by atoms with E-state index in [2.05, 4.69) is 31.0 Å². The van der Waals surface area contributed by atoms with E-state index in [-0.39, 0.29) is 61.7 Å². The first-order valence-electron chi connectivity index (χ1n) is 10.4. The van der Waals surface area contributed by atoms with Crippen molar-refractivity contribution in [2.45, 2.75) is 57.0 Å². The zero-order valence-electron chi connectivity index (χ0n) is 17.1. The molecular weight excluding hydrogens is 424 g/mol. The summed E-state index contributed by atoms with van der Waals surface area (Å²) in [6.07, 6.45) is 4.89. The van der Waals surface area contributed by atoms with Crippen LogP contribution in [0.15, 0.2) is 23.1 Å². The van der Waals surface area contributed by atoms with Gasteiger partial charge in [0.2, 0.25) is 11.8 Å². The van der Waals surface area contributed by atoms with Crippen molar-refractivity contribution in [3.05, 3.63) is 41.1 Å². The number of carbonyl (C=O) groups excluding carboxylic acids is 2. The van der Waals surface area contributed by atoms with E-state index in [0.29, 0.717) is 17.0 Å². The lowest BCUT2D eigenvalue weighted by Gasteiger charge is -2.34. The summed E-state index contributed by atoms with van der Waals surface area (Å²) in [4.78, 5) is 28.8. The number of imidazole rings is 1. The van der Waals surface area contributed by atoms with Crippen LogP contribution in [0.3, 0.4) is 0 Å². The van der Waals surface area contributed by atoms with Crippen molar-refractivity contribution in [1.29, 1.82) is 0 Å². The molecule has 2 N–H and O–H groups in total. The van der Waals surface area contributed by atoms with Crippen molar-refractivity contribution >= 4 is 17.5 Å². The molecule has 0 saturated heterocycles. The Kier molecular flexibility index (Phi) is 5.06. The molecule has 12 heteroatoms. The molecule has 3 aromatic rings. The first-order chi connectivity index (χ1) is 15.4. The topological polar surface area (TPSA) is 127 Å². The number of amides is 2. The minimum atomic E-state index is -2.62. The Morgan fingerprint density at radius 1 is 1.19 bits per heavy atom. The molecule has 32 heavy (non-hydrogen) atoms. The van der Waals surface area contributed by atoms with E-state index in [1.165, 1.54) is 0 Å². The van der Waals surface area contributed by atoms with Gasteiger partial charge < -0.3 is 10.6 Å². The first kappa shape index (κ1) is 20.5. The van der Waals surface area contributed by atoms with Gasteiger partial charge in [0.15, 0.2) is 11.3 Å². The lowest BCUT2D eigenvalue weighted by Crippen LogP contribution is -2.38. The van der Waals surface area contributed by atoms with Crippen LogP contribution in [0.25, 0.3) is 5.65 Å². The molecule has 2 fully saturated rings. The smallest absolute Gasteiger partial charge is 0.275 e. The average molecular weight is 445 g/mol. The number of hydrogen-bond donors (Lipinski definition) is 2. The Balaban J connectivity index is 1.15. The number of nitrogens with zero attached hydrogens (tertiary/aromatic N) is 5. The van der Waals surface area contributed by atoms with Crippen LogP contribution in [0.4, 0.5) is 8.78 Å². The van der Waals surface area contributed by atoms with Crippen molar-refractivity contribution < 1.29 is 23.0 Å². The molecule has 2 aliphatic carbocycles. The predicted molar refractivity (Wildman–Crippen MR) is 105 cm³/mol. The third-order valence-corrected chi connectivity index (χ3v) is 5.69. The van der Waals surface area contributed by atoms with Crippen LogP contribution in [0.5, 0.6) is 0 Å². The fourth-order valence-electron chi connectivity index (χ4n) is 3.84. The molecular formula is C20H21F2N7O3. The van der Waals surface area contributed by atoms with Crippen molar-refractivity contribution in [3.8, 4) is 0 Å². The summed E-state index contributed by atoms with van der Waals surface area (Å²) < 4.78 is 32.0. The molecule has 2 aliphatic rings. The van der Waals surface area contributed by atoms with E-state index < -0.39 is 5.92 Å². The fraction of sp³-hybridized carbons (Fsp3) is 0.500. The Bertz CT molecular complexity index is 1160. The molecule has 0 bridgehead atoms. The van der Waals surface area contributed by atoms with Gasteiger partial charge in [-0.25, -0.2) is 22.9 Å². The van der Waals surface area contributed by atoms with Crippen LogP contribution in [0, 0.1) is 5.92 Å². The van der Waals surface area contributed by atoms with Crippen molar-refractivity contribution in [2.75, 3.05) is 0 Å². The summed E-state index contributed by atoms with van der Waals surface area (Å²) in [5.74, 6) is -3.27. The SMILES string of the molecule is O=C(CC1CC(F)(F)C1)NCc1cnn2cc(CNC(=O)c3nonc3C3CC3)nc2c1.